The monoisotopic (exact) mass is 420 g/mol. The van der Waals surface area contributed by atoms with Crippen molar-refractivity contribution in [2.24, 2.45) is 5.92 Å². The zero-order valence-electron chi connectivity index (χ0n) is 17.4. The molecule has 9 heteroatoms. The Balaban J connectivity index is 1.46. The van der Waals surface area contributed by atoms with Crippen LogP contribution < -0.4 is 10.1 Å². The summed E-state index contributed by atoms with van der Waals surface area (Å²) in [5.74, 6) is 0.854. The zero-order valence-corrected chi connectivity index (χ0v) is 17.4. The molecule has 5 rings (SSSR count). The van der Waals surface area contributed by atoms with Gasteiger partial charge in [0.1, 0.15) is 5.75 Å². The smallest absolute Gasteiger partial charge is 0.260 e. The lowest BCUT2D eigenvalue weighted by molar-refractivity contribution is 0.0574. The molecular formula is C22H24N6O3. The number of hydrogen-bond acceptors (Lipinski definition) is 6. The van der Waals surface area contributed by atoms with Gasteiger partial charge in [0.25, 0.3) is 5.91 Å². The van der Waals surface area contributed by atoms with E-state index in [-0.39, 0.29) is 24.0 Å². The SMILES string of the molecule is COc1cc2nn([C@@H]3CC[C@@H](O)[C@H](C)C3)cc2cc1C(=O)Nc1cnc2cccnn12. The van der Waals surface area contributed by atoms with Crippen molar-refractivity contribution in [3.05, 3.63) is 48.4 Å². The van der Waals surface area contributed by atoms with E-state index >= 15 is 0 Å². The maximum atomic E-state index is 13.1. The number of rotatable bonds is 4. The van der Waals surface area contributed by atoms with E-state index in [0.717, 1.165) is 30.2 Å². The van der Waals surface area contributed by atoms with Gasteiger partial charge < -0.3 is 15.2 Å². The van der Waals surface area contributed by atoms with Crippen LogP contribution in [0.15, 0.2) is 42.9 Å². The molecule has 4 aromatic rings. The van der Waals surface area contributed by atoms with Crippen LogP contribution in [-0.4, -0.2) is 48.6 Å². The Bertz CT molecular complexity index is 1260. The van der Waals surface area contributed by atoms with Crippen LogP contribution in [0.3, 0.4) is 0 Å². The predicted octanol–water partition coefficient (Wildman–Crippen LogP) is 3.06. The molecule has 0 radical (unpaired) electrons. The fourth-order valence-corrected chi connectivity index (χ4v) is 4.30. The third-order valence-corrected chi connectivity index (χ3v) is 6.08. The van der Waals surface area contributed by atoms with Crippen molar-refractivity contribution >= 4 is 28.3 Å². The summed E-state index contributed by atoms with van der Waals surface area (Å²) in [7, 11) is 1.54. The van der Waals surface area contributed by atoms with Crippen LogP contribution >= 0.6 is 0 Å². The lowest BCUT2D eigenvalue weighted by Gasteiger charge is -2.31. The topological polar surface area (TPSA) is 107 Å². The largest absolute Gasteiger partial charge is 0.496 e. The van der Waals surface area contributed by atoms with E-state index in [9.17, 15) is 9.90 Å². The third kappa shape index (κ3) is 3.50. The fourth-order valence-electron chi connectivity index (χ4n) is 4.30. The van der Waals surface area contributed by atoms with Gasteiger partial charge >= 0.3 is 0 Å². The second kappa shape index (κ2) is 7.66. The quantitative estimate of drug-likeness (QED) is 0.526. The molecule has 1 aliphatic carbocycles. The molecule has 3 aromatic heterocycles. The molecule has 1 fully saturated rings. The Morgan fingerprint density at radius 2 is 2.19 bits per heavy atom. The van der Waals surface area contributed by atoms with Gasteiger partial charge in [-0.15, -0.1) is 0 Å². The van der Waals surface area contributed by atoms with Crippen molar-refractivity contribution in [1.82, 2.24) is 24.4 Å². The molecule has 3 heterocycles. The molecule has 3 atom stereocenters. The van der Waals surface area contributed by atoms with E-state index in [4.69, 9.17) is 9.84 Å². The zero-order chi connectivity index (χ0) is 21.5. The van der Waals surface area contributed by atoms with Crippen molar-refractivity contribution in [3.63, 3.8) is 0 Å². The number of fused-ring (bicyclic) bond motifs is 2. The van der Waals surface area contributed by atoms with E-state index in [2.05, 4.69) is 22.3 Å². The molecule has 1 aromatic carbocycles. The summed E-state index contributed by atoms with van der Waals surface area (Å²) < 4.78 is 9.02. The number of carbonyl (C=O) groups is 1. The second-order valence-electron chi connectivity index (χ2n) is 8.12. The highest BCUT2D eigenvalue weighted by atomic mass is 16.5. The Morgan fingerprint density at radius 1 is 1.32 bits per heavy atom. The third-order valence-electron chi connectivity index (χ3n) is 6.08. The maximum Gasteiger partial charge on any atom is 0.260 e. The summed E-state index contributed by atoms with van der Waals surface area (Å²) in [5.41, 5.74) is 1.82. The average Bonchev–Trinajstić information content (AvgIpc) is 3.38. The van der Waals surface area contributed by atoms with Gasteiger partial charge in [0.05, 0.1) is 36.5 Å². The summed E-state index contributed by atoms with van der Waals surface area (Å²) in [6, 6.07) is 7.42. The number of aromatic nitrogens is 5. The highest BCUT2D eigenvalue weighted by Crippen LogP contribution is 2.34. The fraction of sp³-hybridized carbons (Fsp3) is 0.364. The van der Waals surface area contributed by atoms with E-state index in [1.807, 2.05) is 16.9 Å². The molecule has 31 heavy (non-hydrogen) atoms. The number of carbonyl (C=O) groups excluding carboxylic acids is 1. The number of benzene rings is 1. The van der Waals surface area contributed by atoms with Gasteiger partial charge in [-0.2, -0.15) is 14.7 Å². The minimum atomic E-state index is -0.312. The molecule has 0 saturated heterocycles. The van der Waals surface area contributed by atoms with Crippen molar-refractivity contribution < 1.29 is 14.6 Å². The van der Waals surface area contributed by atoms with Gasteiger partial charge in [0.2, 0.25) is 0 Å². The Labute approximate surface area is 178 Å². The standard InChI is InChI=1S/C22H24N6O3/c1-13-8-15(5-6-18(13)29)27-12-14-9-16(19(31-2)10-17(14)26-27)22(30)25-21-11-23-20-4-3-7-24-28(20)21/h3-4,7,9-13,15,18,29H,5-6,8H2,1-2H3,(H,25,30)/t13-,15-,18-/m1/s1. The number of methoxy groups -OCH3 is 1. The minimum absolute atomic E-state index is 0.235. The summed E-state index contributed by atoms with van der Waals surface area (Å²) in [6.45, 7) is 2.07. The lowest BCUT2D eigenvalue weighted by Crippen LogP contribution is -2.28. The van der Waals surface area contributed by atoms with Gasteiger partial charge in [-0.05, 0) is 43.4 Å². The minimum Gasteiger partial charge on any atom is -0.496 e. The predicted molar refractivity (Wildman–Crippen MR) is 115 cm³/mol. The first-order chi connectivity index (χ1) is 15.0. The number of nitrogens with zero attached hydrogens (tertiary/aromatic N) is 5. The van der Waals surface area contributed by atoms with Crippen LogP contribution in [0.5, 0.6) is 5.75 Å². The van der Waals surface area contributed by atoms with E-state index in [1.165, 1.54) is 7.11 Å². The summed E-state index contributed by atoms with van der Waals surface area (Å²) >= 11 is 0. The van der Waals surface area contributed by atoms with Crippen molar-refractivity contribution in [2.45, 2.75) is 38.3 Å². The number of amides is 1. The molecule has 1 amide bonds. The molecule has 9 nitrogen and oxygen atoms in total. The van der Waals surface area contributed by atoms with Gasteiger partial charge in [-0.1, -0.05) is 6.92 Å². The van der Waals surface area contributed by atoms with E-state index in [0.29, 0.717) is 22.8 Å². The van der Waals surface area contributed by atoms with Crippen LogP contribution in [0.1, 0.15) is 42.6 Å². The van der Waals surface area contributed by atoms with E-state index < -0.39 is 0 Å². The molecular weight excluding hydrogens is 396 g/mol. The van der Waals surface area contributed by atoms with Crippen LogP contribution in [-0.2, 0) is 0 Å². The molecule has 0 aliphatic heterocycles. The number of anilines is 1. The van der Waals surface area contributed by atoms with Crippen molar-refractivity contribution in [3.8, 4) is 5.75 Å². The number of aliphatic hydroxyl groups is 1. The van der Waals surface area contributed by atoms with Crippen LogP contribution in [0.4, 0.5) is 5.82 Å². The first-order valence-electron chi connectivity index (χ1n) is 10.4. The van der Waals surface area contributed by atoms with Crippen molar-refractivity contribution in [1.29, 1.82) is 0 Å². The number of nitrogens with one attached hydrogen (secondary N) is 1. The van der Waals surface area contributed by atoms with Crippen molar-refractivity contribution in [2.75, 3.05) is 12.4 Å². The Hall–Kier alpha value is -3.46. The highest BCUT2D eigenvalue weighted by Gasteiger charge is 2.28. The second-order valence-corrected chi connectivity index (χ2v) is 8.12. The lowest BCUT2D eigenvalue weighted by atomic mass is 9.85. The van der Waals surface area contributed by atoms with Crippen LogP contribution in [0.25, 0.3) is 16.6 Å². The number of imidazole rings is 1. The molecule has 1 saturated carbocycles. The Morgan fingerprint density at radius 3 is 3.00 bits per heavy atom. The summed E-state index contributed by atoms with van der Waals surface area (Å²) in [6.07, 6.45) is 7.46. The first kappa shape index (κ1) is 19.5. The first-order valence-corrected chi connectivity index (χ1v) is 10.4. The van der Waals surface area contributed by atoms with Crippen LogP contribution in [0, 0.1) is 5.92 Å². The molecule has 2 N–H and O–H groups in total. The van der Waals surface area contributed by atoms with Gasteiger partial charge in [-0.25, -0.2) is 4.98 Å². The molecule has 1 aliphatic rings. The van der Waals surface area contributed by atoms with Gasteiger partial charge in [0.15, 0.2) is 11.5 Å². The van der Waals surface area contributed by atoms with Crippen LogP contribution in [0.2, 0.25) is 0 Å². The summed E-state index contributed by atoms with van der Waals surface area (Å²) in [4.78, 5) is 17.3. The molecule has 0 spiro atoms. The number of hydrogen-bond donors (Lipinski definition) is 2. The van der Waals surface area contributed by atoms with Gasteiger partial charge in [-0.3, -0.25) is 9.48 Å². The normalized spacial score (nSPS) is 21.5. The highest BCUT2D eigenvalue weighted by molar-refractivity contribution is 6.08. The number of ether oxygens (including phenoxy) is 1. The number of aliphatic hydroxyl groups excluding tert-OH is 1. The van der Waals surface area contributed by atoms with E-state index in [1.54, 1.807) is 35.1 Å². The summed E-state index contributed by atoms with van der Waals surface area (Å²) in [5, 5.41) is 22.7. The molecule has 0 unspecified atom stereocenters. The maximum absolute atomic E-state index is 13.1. The average molecular weight is 420 g/mol. The Kier molecular flexibility index (Phi) is 4.82. The molecule has 160 valence electrons. The van der Waals surface area contributed by atoms with Gasteiger partial charge in [0, 0.05) is 23.8 Å². The molecule has 0 bridgehead atoms.